The molecule has 0 aliphatic heterocycles. The lowest BCUT2D eigenvalue weighted by Gasteiger charge is -2.14. The quantitative estimate of drug-likeness (QED) is 0.645. The molecule has 0 saturated heterocycles. The highest BCUT2D eigenvalue weighted by molar-refractivity contribution is 14.1. The van der Waals surface area contributed by atoms with Crippen molar-refractivity contribution in [3.05, 3.63) is 26.6 Å². The van der Waals surface area contributed by atoms with Crippen molar-refractivity contribution < 1.29 is 31.9 Å². The number of aromatic nitrogens is 1. The van der Waals surface area contributed by atoms with Gasteiger partial charge in [-0.3, -0.25) is 0 Å². The molecule has 1 N–H and O–H groups in total. The molecule has 94 valence electrons. The summed E-state index contributed by atoms with van der Waals surface area (Å²) in [7, 11) is 0. The summed E-state index contributed by atoms with van der Waals surface area (Å²) in [6.45, 7) is 0. The van der Waals surface area contributed by atoms with Crippen LogP contribution in [0, 0.1) is 3.57 Å². The van der Waals surface area contributed by atoms with Crippen LogP contribution in [0.3, 0.4) is 0 Å². The molecular formula is C8H3F5INO2. The van der Waals surface area contributed by atoms with Gasteiger partial charge in [0.05, 0.1) is 9.13 Å². The Morgan fingerprint density at radius 3 is 2.29 bits per heavy atom. The number of pyridine rings is 1. The molecule has 1 heterocycles. The zero-order valence-corrected chi connectivity index (χ0v) is 9.88. The number of halogens is 6. The summed E-state index contributed by atoms with van der Waals surface area (Å²) >= 11 is 1.11. The SMILES string of the molecule is O=C(O)c1ncc(C(F)(F)F)c(C(F)F)c1I. The fourth-order valence-corrected chi connectivity index (χ4v) is 1.99. The van der Waals surface area contributed by atoms with Crippen molar-refractivity contribution >= 4 is 28.6 Å². The maximum absolute atomic E-state index is 12.5. The molecule has 0 saturated carbocycles. The Hall–Kier alpha value is -1.00. The number of hydrogen-bond acceptors (Lipinski definition) is 2. The van der Waals surface area contributed by atoms with E-state index in [2.05, 4.69) is 4.98 Å². The molecular weight excluding hydrogens is 364 g/mol. The van der Waals surface area contributed by atoms with Gasteiger partial charge in [0.1, 0.15) is 0 Å². The second-order valence-electron chi connectivity index (χ2n) is 2.85. The molecule has 0 bridgehead atoms. The summed E-state index contributed by atoms with van der Waals surface area (Å²) in [6, 6.07) is 0. The monoisotopic (exact) mass is 367 g/mol. The van der Waals surface area contributed by atoms with E-state index in [1.165, 1.54) is 0 Å². The lowest BCUT2D eigenvalue weighted by molar-refractivity contribution is -0.139. The van der Waals surface area contributed by atoms with Gasteiger partial charge in [0.2, 0.25) is 0 Å². The number of carboxylic acid groups (broad SMARTS) is 1. The van der Waals surface area contributed by atoms with Gasteiger partial charge < -0.3 is 5.11 Å². The topological polar surface area (TPSA) is 50.2 Å². The molecule has 0 aliphatic rings. The second kappa shape index (κ2) is 4.70. The number of carboxylic acids is 1. The van der Waals surface area contributed by atoms with Crippen molar-refractivity contribution in [3.8, 4) is 0 Å². The molecule has 9 heteroatoms. The van der Waals surface area contributed by atoms with Crippen molar-refractivity contribution in [2.75, 3.05) is 0 Å². The van der Waals surface area contributed by atoms with E-state index in [0.29, 0.717) is 0 Å². The molecule has 0 aliphatic carbocycles. The Morgan fingerprint density at radius 1 is 1.41 bits per heavy atom. The summed E-state index contributed by atoms with van der Waals surface area (Å²) in [5.74, 6) is -1.66. The zero-order valence-electron chi connectivity index (χ0n) is 7.73. The van der Waals surface area contributed by atoms with Gasteiger partial charge in [0.15, 0.2) is 5.69 Å². The van der Waals surface area contributed by atoms with Crippen LogP contribution in [0.25, 0.3) is 0 Å². The van der Waals surface area contributed by atoms with Crippen LogP contribution in [-0.2, 0) is 6.18 Å². The predicted molar refractivity (Wildman–Crippen MR) is 53.9 cm³/mol. The van der Waals surface area contributed by atoms with Crippen LogP contribution in [-0.4, -0.2) is 16.1 Å². The number of alkyl halides is 5. The number of nitrogens with zero attached hydrogens (tertiary/aromatic N) is 1. The van der Waals surface area contributed by atoms with Gasteiger partial charge in [-0.1, -0.05) is 0 Å². The van der Waals surface area contributed by atoms with E-state index >= 15 is 0 Å². The Bertz CT molecular complexity index is 460. The Morgan fingerprint density at radius 2 is 1.94 bits per heavy atom. The van der Waals surface area contributed by atoms with Crippen LogP contribution >= 0.6 is 22.6 Å². The third-order valence-corrected chi connectivity index (χ3v) is 2.88. The summed E-state index contributed by atoms with van der Waals surface area (Å²) in [5, 5.41) is 8.57. The molecule has 3 nitrogen and oxygen atoms in total. The lowest BCUT2D eigenvalue weighted by atomic mass is 10.1. The van der Waals surface area contributed by atoms with Crippen molar-refractivity contribution in [1.29, 1.82) is 0 Å². The predicted octanol–water partition coefficient (Wildman–Crippen LogP) is 3.34. The number of aromatic carboxylic acids is 1. The first-order valence-electron chi connectivity index (χ1n) is 3.93. The molecule has 17 heavy (non-hydrogen) atoms. The van der Waals surface area contributed by atoms with Crippen molar-refractivity contribution in [1.82, 2.24) is 4.98 Å². The van der Waals surface area contributed by atoms with Gasteiger partial charge in [0.25, 0.3) is 6.43 Å². The highest BCUT2D eigenvalue weighted by atomic mass is 127. The third kappa shape index (κ3) is 2.82. The van der Waals surface area contributed by atoms with E-state index in [9.17, 15) is 26.7 Å². The van der Waals surface area contributed by atoms with E-state index in [1.807, 2.05) is 0 Å². The van der Waals surface area contributed by atoms with Gasteiger partial charge in [-0.2, -0.15) is 13.2 Å². The number of hydrogen-bond donors (Lipinski definition) is 1. The first kappa shape index (κ1) is 14.1. The van der Waals surface area contributed by atoms with Crippen LogP contribution in [0.1, 0.15) is 28.0 Å². The van der Waals surface area contributed by atoms with Gasteiger partial charge in [-0.15, -0.1) is 0 Å². The average Bonchev–Trinajstić information content (AvgIpc) is 2.14. The van der Waals surface area contributed by atoms with Crippen LogP contribution in [0.2, 0.25) is 0 Å². The van der Waals surface area contributed by atoms with Gasteiger partial charge in [0, 0.05) is 11.8 Å². The number of rotatable bonds is 2. The molecule has 0 aromatic carbocycles. The molecule has 1 aromatic heterocycles. The van der Waals surface area contributed by atoms with Gasteiger partial charge >= 0.3 is 12.1 Å². The standard InChI is InChI=1S/C8H3F5INO2/c9-6(10)3-2(8(11,12)13)1-15-5(4(3)14)7(16)17/h1,6H,(H,16,17). The fraction of sp³-hybridized carbons (Fsp3) is 0.250. The highest BCUT2D eigenvalue weighted by Gasteiger charge is 2.38. The van der Waals surface area contributed by atoms with E-state index < -0.39 is 39.0 Å². The summed E-state index contributed by atoms with van der Waals surface area (Å²) < 4.78 is 61.6. The first-order valence-corrected chi connectivity index (χ1v) is 5.01. The van der Waals surface area contributed by atoms with E-state index in [1.54, 1.807) is 0 Å². The first-order chi connectivity index (χ1) is 7.66. The van der Waals surface area contributed by atoms with E-state index in [-0.39, 0.29) is 6.20 Å². The minimum absolute atomic E-state index is 0.104. The lowest BCUT2D eigenvalue weighted by Crippen LogP contribution is -2.15. The summed E-state index contributed by atoms with van der Waals surface area (Å²) in [5.41, 5.74) is -3.80. The molecule has 0 amide bonds. The van der Waals surface area contributed by atoms with Crippen LogP contribution in [0.5, 0.6) is 0 Å². The normalized spacial score (nSPS) is 11.9. The van der Waals surface area contributed by atoms with Crippen LogP contribution in [0.4, 0.5) is 22.0 Å². The van der Waals surface area contributed by atoms with Gasteiger partial charge in [-0.05, 0) is 22.6 Å². The average molecular weight is 367 g/mol. The zero-order chi connectivity index (χ0) is 13.4. The Kier molecular flexibility index (Phi) is 3.89. The molecule has 1 aromatic rings. The van der Waals surface area contributed by atoms with E-state index in [0.717, 1.165) is 22.6 Å². The van der Waals surface area contributed by atoms with Crippen LogP contribution in [0.15, 0.2) is 6.20 Å². The fourth-order valence-electron chi connectivity index (χ4n) is 1.09. The van der Waals surface area contributed by atoms with Crippen molar-refractivity contribution in [3.63, 3.8) is 0 Å². The molecule has 0 fully saturated rings. The largest absolute Gasteiger partial charge is 0.476 e. The molecule has 0 radical (unpaired) electrons. The third-order valence-electron chi connectivity index (χ3n) is 1.78. The van der Waals surface area contributed by atoms with Crippen molar-refractivity contribution in [2.24, 2.45) is 0 Å². The summed E-state index contributed by atoms with van der Waals surface area (Å²) in [6.07, 6.45) is -8.33. The minimum Gasteiger partial charge on any atom is -0.476 e. The Balaban J connectivity index is 3.57. The highest BCUT2D eigenvalue weighted by Crippen LogP contribution is 2.38. The molecule has 0 unspecified atom stereocenters. The Labute approximate surface area is 105 Å². The summed E-state index contributed by atoms with van der Waals surface area (Å²) in [4.78, 5) is 13.6. The molecule has 0 spiro atoms. The van der Waals surface area contributed by atoms with E-state index in [4.69, 9.17) is 5.11 Å². The maximum Gasteiger partial charge on any atom is 0.418 e. The number of carbonyl (C=O) groups is 1. The van der Waals surface area contributed by atoms with Gasteiger partial charge in [-0.25, -0.2) is 18.6 Å². The second-order valence-corrected chi connectivity index (χ2v) is 3.93. The molecule has 1 rings (SSSR count). The maximum atomic E-state index is 12.5. The minimum atomic E-state index is -5.00. The van der Waals surface area contributed by atoms with Crippen LogP contribution < -0.4 is 0 Å². The van der Waals surface area contributed by atoms with Crippen molar-refractivity contribution in [2.45, 2.75) is 12.6 Å². The molecule has 0 atom stereocenters. The smallest absolute Gasteiger partial charge is 0.418 e.